The minimum absolute atomic E-state index is 0.149. The molecule has 0 fully saturated rings. The molecule has 2 heterocycles. The number of H-pyrrole nitrogens is 1. The van der Waals surface area contributed by atoms with Gasteiger partial charge in [-0.15, -0.1) is 0 Å². The Kier molecular flexibility index (Phi) is 2.16. The average Bonchev–Trinajstić information content (AvgIpc) is 2.72. The smallest absolute Gasteiger partial charge is 0.332 e. The van der Waals surface area contributed by atoms with Crippen molar-refractivity contribution in [2.45, 2.75) is 6.54 Å². The Labute approximate surface area is 101 Å². The van der Waals surface area contributed by atoms with Gasteiger partial charge >= 0.3 is 5.69 Å². The van der Waals surface area contributed by atoms with Crippen LogP contribution in [0.25, 0.3) is 5.69 Å². The summed E-state index contributed by atoms with van der Waals surface area (Å²) < 4.78 is 1.32. The zero-order chi connectivity index (χ0) is 12.7. The fourth-order valence-corrected chi connectivity index (χ4v) is 2.07. The summed E-state index contributed by atoms with van der Waals surface area (Å²) in [5, 5.41) is 2.70. The van der Waals surface area contributed by atoms with Crippen LogP contribution >= 0.6 is 0 Å². The van der Waals surface area contributed by atoms with Crippen LogP contribution in [0.2, 0.25) is 0 Å². The van der Waals surface area contributed by atoms with Gasteiger partial charge in [-0.1, -0.05) is 6.07 Å². The van der Waals surface area contributed by atoms with Crippen molar-refractivity contribution in [1.82, 2.24) is 14.9 Å². The molecule has 0 saturated heterocycles. The van der Waals surface area contributed by atoms with Crippen molar-refractivity contribution in [2.75, 3.05) is 0 Å². The molecule has 0 spiro atoms. The van der Waals surface area contributed by atoms with Gasteiger partial charge in [0.2, 0.25) is 0 Å². The molecule has 0 bridgehead atoms. The van der Waals surface area contributed by atoms with Gasteiger partial charge < -0.3 is 5.32 Å². The number of aromatic nitrogens is 2. The molecule has 18 heavy (non-hydrogen) atoms. The van der Waals surface area contributed by atoms with Crippen molar-refractivity contribution >= 4 is 5.91 Å². The summed E-state index contributed by atoms with van der Waals surface area (Å²) in [7, 11) is 0. The van der Waals surface area contributed by atoms with Gasteiger partial charge in [-0.2, -0.15) is 0 Å². The third-order valence-corrected chi connectivity index (χ3v) is 2.91. The fraction of sp³-hybridized carbons (Fsp3) is 0.0833. The SMILES string of the molecule is O=C1NCc2c1cccc2-n1ccc(=O)[nH]c1=O. The molecule has 1 aromatic carbocycles. The van der Waals surface area contributed by atoms with Gasteiger partial charge in [0.15, 0.2) is 0 Å². The summed E-state index contributed by atoms with van der Waals surface area (Å²) in [4.78, 5) is 36.5. The second-order valence-electron chi connectivity index (χ2n) is 3.97. The minimum Gasteiger partial charge on any atom is -0.348 e. The number of aromatic amines is 1. The third kappa shape index (κ3) is 1.46. The van der Waals surface area contributed by atoms with Crippen molar-refractivity contribution in [1.29, 1.82) is 0 Å². The number of hydrogen-bond donors (Lipinski definition) is 2. The van der Waals surface area contributed by atoms with E-state index in [1.165, 1.54) is 16.8 Å². The zero-order valence-electron chi connectivity index (χ0n) is 9.27. The number of nitrogens with one attached hydrogen (secondary N) is 2. The van der Waals surface area contributed by atoms with Crippen LogP contribution in [0.3, 0.4) is 0 Å². The molecule has 0 atom stereocenters. The molecule has 0 radical (unpaired) electrons. The largest absolute Gasteiger partial charge is 0.348 e. The first kappa shape index (κ1) is 10.5. The summed E-state index contributed by atoms with van der Waals surface area (Å²) in [6.45, 7) is 0.385. The highest BCUT2D eigenvalue weighted by molar-refractivity contribution is 5.99. The number of rotatable bonds is 1. The van der Waals surface area contributed by atoms with Crippen molar-refractivity contribution in [3.05, 3.63) is 62.4 Å². The first-order chi connectivity index (χ1) is 8.66. The summed E-state index contributed by atoms with van der Waals surface area (Å²) in [5.74, 6) is -0.149. The Balaban J connectivity index is 2.28. The van der Waals surface area contributed by atoms with E-state index in [4.69, 9.17) is 0 Å². The standard InChI is InChI=1S/C12H9N3O3/c16-10-4-5-15(12(18)14-10)9-3-1-2-7-8(9)6-13-11(7)17/h1-5H,6H2,(H,13,17)(H,14,16,18). The molecule has 0 aliphatic carbocycles. The first-order valence-electron chi connectivity index (χ1n) is 5.39. The number of amides is 1. The molecule has 1 aliphatic heterocycles. The molecule has 6 heteroatoms. The van der Waals surface area contributed by atoms with Crippen molar-refractivity contribution in [3.8, 4) is 5.69 Å². The van der Waals surface area contributed by atoms with Gasteiger partial charge in [-0.25, -0.2) is 4.79 Å². The van der Waals surface area contributed by atoms with Crippen molar-refractivity contribution in [3.63, 3.8) is 0 Å². The molecule has 6 nitrogen and oxygen atoms in total. The average molecular weight is 243 g/mol. The van der Waals surface area contributed by atoms with Gasteiger partial charge in [0.05, 0.1) is 5.69 Å². The molecule has 90 valence electrons. The Morgan fingerprint density at radius 2 is 1.94 bits per heavy atom. The predicted molar refractivity (Wildman–Crippen MR) is 63.8 cm³/mol. The number of nitrogens with zero attached hydrogens (tertiary/aromatic N) is 1. The van der Waals surface area contributed by atoms with Crippen LogP contribution in [0.1, 0.15) is 15.9 Å². The highest BCUT2D eigenvalue weighted by atomic mass is 16.2. The lowest BCUT2D eigenvalue weighted by atomic mass is 10.1. The highest BCUT2D eigenvalue weighted by Crippen LogP contribution is 2.21. The lowest BCUT2D eigenvalue weighted by molar-refractivity contribution is 0.0966. The van der Waals surface area contributed by atoms with Gasteiger partial charge in [-0.05, 0) is 12.1 Å². The number of hydrogen-bond acceptors (Lipinski definition) is 3. The molecule has 1 aromatic heterocycles. The molecular weight excluding hydrogens is 234 g/mol. The number of benzene rings is 1. The lowest BCUT2D eigenvalue weighted by Gasteiger charge is -2.08. The molecule has 0 unspecified atom stereocenters. The Hall–Kier alpha value is -2.63. The summed E-state index contributed by atoms with van der Waals surface area (Å²) in [5.41, 5.74) is 0.961. The maximum atomic E-state index is 11.7. The van der Waals surface area contributed by atoms with Gasteiger partial charge in [0.25, 0.3) is 11.5 Å². The van der Waals surface area contributed by atoms with Crippen LogP contribution in [0.5, 0.6) is 0 Å². The van der Waals surface area contributed by atoms with Crippen LogP contribution in [0, 0.1) is 0 Å². The van der Waals surface area contributed by atoms with Gasteiger partial charge in [-0.3, -0.25) is 19.1 Å². The normalized spacial score (nSPS) is 13.2. The number of carbonyl (C=O) groups is 1. The van der Waals surface area contributed by atoms with Crippen molar-refractivity contribution < 1.29 is 4.79 Å². The van der Waals surface area contributed by atoms with E-state index in [1.807, 2.05) is 0 Å². The summed E-state index contributed by atoms with van der Waals surface area (Å²) >= 11 is 0. The van der Waals surface area contributed by atoms with Crippen molar-refractivity contribution in [2.24, 2.45) is 0 Å². The fourth-order valence-electron chi connectivity index (χ4n) is 2.07. The van der Waals surface area contributed by atoms with E-state index in [0.717, 1.165) is 5.56 Å². The second-order valence-corrected chi connectivity index (χ2v) is 3.97. The predicted octanol–water partition coefficient (Wildman–Crippen LogP) is -0.231. The Morgan fingerprint density at radius 1 is 1.11 bits per heavy atom. The summed E-state index contributed by atoms with van der Waals surface area (Å²) in [6.07, 6.45) is 1.40. The van der Waals surface area contributed by atoms with E-state index in [-0.39, 0.29) is 5.91 Å². The van der Waals surface area contributed by atoms with E-state index in [2.05, 4.69) is 10.3 Å². The van der Waals surface area contributed by atoms with E-state index in [9.17, 15) is 14.4 Å². The van der Waals surface area contributed by atoms with E-state index < -0.39 is 11.2 Å². The third-order valence-electron chi connectivity index (χ3n) is 2.91. The van der Waals surface area contributed by atoms with Gasteiger partial charge in [0, 0.05) is 29.9 Å². The molecule has 2 aromatic rings. The number of fused-ring (bicyclic) bond motifs is 1. The Morgan fingerprint density at radius 3 is 2.72 bits per heavy atom. The van der Waals surface area contributed by atoms with Crippen LogP contribution in [0.4, 0.5) is 0 Å². The molecule has 3 rings (SSSR count). The molecule has 1 aliphatic rings. The second kappa shape index (κ2) is 3.69. The van der Waals surface area contributed by atoms with Crippen LogP contribution < -0.4 is 16.6 Å². The molecule has 0 saturated carbocycles. The Bertz CT molecular complexity index is 758. The van der Waals surface area contributed by atoms with E-state index in [0.29, 0.717) is 17.8 Å². The quantitative estimate of drug-likeness (QED) is 0.725. The van der Waals surface area contributed by atoms with Gasteiger partial charge in [0.1, 0.15) is 0 Å². The minimum atomic E-state index is -0.518. The van der Waals surface area contributed by atoms with Crippen LogP contribution in [0.15, 0.2) is 40.1 Å². The summed E-state index contributed by atoms with van der Waals surface area (Å²) in [6, 6.07) is 6.42. The topological polar surface area (TPSA) is 84.0 Å². The van der Waals surface area contributed by atoms with E-state index >= 15 is 0 Å². The first-order valence-corrected chi connectivity index (χ1v) is 5.39. The monoisotopic (exact) mass is 243 g/mol. The molecular formula is C12H9N3O3. The molecule has 2 N–H and O–H groups in total. The van der Waals surface area contributed by atoms with Crippen LogP contribution in [-0.2, 0) is 6.54 Å². The molecule has 1 amide bonds. The lowest BCUT2D eigenvalue weighted by Crippen LogP contribution is -2.28. The van der Waals surface area contributed by atoms with Crippen LogP contribution in [-0.4, -0.2) is 15.5 Å². The maximum Gasteiger partial charge on any atom is 0.332 e. The van der Waals surface area contributed by atoms with E-state index in [1.54, 1.807) is 18.2 Å². The maximum absolute atomic E-state index is 11.7. The zero-order valence-corrected chi connectivity index (χ0v) is 9.27. The number of carbonyl (C=O) groups excluding carboxylic acids is 1. The highest BCUT2D eigenvalue weighted by Gasteiger charge is 2.22.